The molecule has 3 aromatic carbocycles. The molecule has 0 unspecified atom stereocenters. The van der Waals surface area contributed by atoms with E-state index in [-0.39, 0.29) is 5.56 Å². The van der Waals surface area contributed by atoms with Crippen LogP contribution in [0.3, 0.4) is 0 Å². The van der Waals surface area contributed by atoms with Gasteiger partial charge in [0.25, 0.3) is 5.56 Å². The lowest BCUT2D eigenvalue weighted by atomic mass is 10.2. The maximum atomic E-state index is 13.2. The summed E-state index contributed by atoms with van der Waals surface area (Å²) in [5.74, 6) is 1.86. The Morgan fingerprint density at radius 1 is 1.00 bits per heavy atom. The largest absolute Gasteiger partial charge is 0.493 e. The second-order valence-corrected chi connectivity index (χ2v) is 9.81. The lowest BCUT2D eigenvalue weighted by Gasteiger charge is -2.12. The second-order valence-electron chi connectivity index (χ2n) is 7.98. The Morgan fingerprint density at radius 3 is 2.51 bits per heavy atom. The van der Waals surface area contributed by atoms with Gasteiger partial charge in [-0.1, -0.05) is 57.3 Å². The molecule has 0 amide bonds. The molecule has 0 saturated heterocycles. The van der Waals surface area contributed by atoms with Crippen LogP contribution in [0.5, 0.6) is 11.5 Å². The van der Waals surface area contributed by atoms with Crippen molar-refractivity contribution in [2.45, 2.75) is 32.8 Å². The van der Waals surface area contributed by atoms with Gasteiger partial charge >= 0.3 is 0 Å². The van der Waals surface area contributed by atoms with Gasteiger partial charge < -0.3 is 9.47 Å². The third-order valence-corrected chi connectivity index (χ3v) is 6.47. The lowest BCUT2D eigenvalue weighted by Crippen LogP contribution is -2.22. The molecule has 4 aromatic rings. The highest BCUT2D eigenvalue weighted by atomic mass is 79.9. The minimum absolute atomic E-state index is 0.194. The molecule has 0 atom stereocenters. The van der Waals surface area contributed by atoms with Crippen LogP contribution in [0.2, 0.25) is 0 Å². The van der Waals surface area contributed by atoms with Crippen LogP contribution in [0.4, 0.5) is 0 Å². The first-order valence-corrected chi connectivity index (χ1v) is 12.9. The van der Waals surface area contributed by atoms with Crippen LogP contribution in [-0.2, 0) is 13.0 Å². The van der Waals surface area contributed by atoms with E-state index in [9.17, 15) is 4.79 Å². The molecular weight excluding hydrogens is 574 g/mol. The number of methoxy groups -OCH3 is 1. The Balaban J connectivity index is 1.62. The van der Waals surface area contributed by atoms with Crippen molar-refractivity contribution in [1.29, 1.82) is 0 Å². The average molecular weight is 599 g/mol. The van der Waals surface area contributed by atoms with Crippen LogP contribution in [0, 0.1) is 0 Å². The van der Waals surface area contributed by atoms with Gasteiger partial charge in [-0.2, -0.15) is 9.78 Å². The zero-order valence-electron chi connectivity index (χ0n) is 19.5. The fourth-order valence-corrected chi connectivity index (χ4v) is 4.19. The molecule has 0 radical (unpaired) electrons. The number of hydrogen-bond acceptors (Lipinski definition) is 5. The lowest BCUT2D eigenvalue weighted by molar-refractivity contribution is 0.284. The second kappa shape index (κ2) is 11.6. The van der Waals surface area contributed by atoms with Crippen LogP contribution in [0.15, 0.2) is 79.5 Å². The molecule has 6 nitrogen and oxygen atoms in total. The Kier molecular flexibility index (Phi) is 8.36. The molecule has 1 aromatic heterocycles. The standard InChI is InChI=1S/C27H25Br2N3O3/c1-3-4-5-26-31-23-12-11-21(29)15-22(23)27(33)32(26)30-16-19-8-13-24(25(14-19)34-2)35-17-18-6-9-20(28)10-7-18/h6-16H,3-5,17H2,1-2H3. The van der Waals surface area contributed by atoms with Crippen molar-refractivity contribution >= 4 is 49.0 Å². The Labute approximate surface area is 220 Å². The molecule has 0 aliphatic heterocycles. The van der Waals surface area contributed by atoms with Crippen molar-refractivity contribution in [3.63, 3.8) is 0 Å². The summed E-state index contributed by atoms with van der Waals surface area (Å²) < 4.78 is 14.7. The van der Waals surface area contributed by atoms with Gasteiger partial charge in [-0.15, -0.1) is 0 Å². The van der Waals surface area contributed by atoms with Crippen LogP contribution in [0.1, 0.15) is 36.7 Å². The molecule has 0 bridgehead atoms. The monoisotopic (exact) mass is 597 g/mol. The molecule has 0 spiro atoms. The van der Waals surface area contributed by atoms with E-state index in [1.807, 2.05) is 54.6 Å². The quantitative estimate of drug-likeness (QED) is 0.200. The topological polar surface area (TPSA) is 65.7 Å². The van der Waals surface area contributed by atoms with E-state index in [0.29, 0.717) is 41.3 Å². The van der Waals surface area contributed by atoms with E-state index < -0.39 is 0 Å². The smallest absolute Gasteiger partial charge is 0.282 e. The molecule has 0 aliphatic carbocycles. The molecular formula is C27H25Br2N3O3. The van der Waals surface area contributed by atoms with Crippen molar-refractivity contribution in [1.82, 2.24) is 9.66 Å². The zero-order chi connectivity index (χ0) is 24.8. The summed E-state index contributed by atoms with van der Waals surface area (Å²) in [5.41, 5.74) is 2.31. The fraction of sp³-hybridized carbons (Fsp3) is 0.222. The van der Waals surface area contributed by atoms with Gasteiger partial charge in [0.15, 0.2) is 11.5 Å². The summed E-state index contributed by atoms with van der Waals surface area (Å²) in [6.07, 6.45) is 4.23. The Morgan fingerprint density at radius 2 is 1.77 bits per heavy atom. The van der Waals surface area contributed by atoms with Crippen molar-refractivity contribution in [2.75, 3.05) is 7.11 Å². The highest BCUT2D eigenvalue weighted by molar-refractivity contribution is 9.10. The van der Waals surface area contributed by atoms with E-state index in [0.717, 1.165) is 32.9 Å². The highest BCUT2D eigenvalue weighted by Gasteiger charge is 2.11. The maximum Gasteiger partial charge on any atom is 0.282 e. The molecule has 4 rings (SSSR count). The first kappa shape index (κ1) is 25.1. The number of fused-ring (bicyclic) bond motifs is 1. The number of aryl methyl sites for hydroxylation is 1. The normalized spacial score (nSPS) is 11.3. The van der Waals surface area contributed by atoms with Crippen molar-refractivity contribution in [3.8, 4) is 11.5 Å². The molecule has 0 fully saturated rings. The minimum Gasteiger partial charge on any atom is -0.493 e. The highest BCUT2D eigenvalue weighted by Crippen LogP contribution is 2.28. The summed E-state index contributed by atoms with van der Waals surface area (Å²) in [6.45, 7) is 2.53. The maximum absolute atomic E-state index is 13.2. The number of ether oxygens (including phenoxy) is 2. The predicted octanol–water partition coefficient (Wildman–Crippen LogP) is 6.73. The van der Waals surface area contributed by atoms with Gasteiger partial charge in [-0.25, -0.2) is 4.98 Å². The van der Waals surface area contributed by atoms with Crippen molar-refractivity contribution in [2.24, 2.45) is 5.10 Å². The van der Waals surface area contributed by atoms with E-state index in [1.54, 1.807) is 19.4 Å². The molecule has 0 aliphatic rings. The van der Waals surface area contributed by atoms with Gasteiger partial charge in [0, 0.05) is 15.4 Å². The Bertz CT molecular complexity index is 1420. The van der Waals surface area contributed by atoms with Gasteiger partial charge in [-0.05, 0) is 66.1 Å². The fourth-order valence-electron chi connectivity index (χ4n) is 3.56. The number of aromatic nitrogens is 2. The summed E-state index contributed by atoms with van der Waals surface area (Å²) in [6, 6.07) is 19.0. The van der Waals surface area contributed by atoms with Gasteiger partial charge in [0.05, 0.1) is 24.2 Å². The molecule has 1 heterocycles. The van der Waals surface area contributed by atoms with Crippen molar-refractivity contribution in [3.05, 3.63) is 96.9 Å². The van der Waals surface area contributed by atoms with E-state index in [4.69, 9.17) is 14.5 Å². The summed E-state index contributed by atoms with van der Waals surface area (Å²) in [4.78, 5) is 18.0. The molecule has 8 heteroatoms. The number of unbranched alkanes of at least 4 members (excludes halogenated alkanes) is 1. The van der Waals surface area contributed by atoms with Gasteiger partial charge in [0.2, 0.25) is 0 Å². The van der Waals surface area contributed by atoms with Crippen LogP contribution < -0.4 is 15.0 Å². The van der Waals surface area contributed by atoms with Gasteiger partial charge in [-0.3, -0.25) is 4.79 Å². The third-order valence-electron chi connectivity index (χ3n) is 5.45. The average Bonchev–Trinajstić information content (AvgIpc) is 2.87. The first-order valence-electron chi connectivity index (χ1n) is 11.3. The van der Waals surface area contributed by atoms with Crippen molar-refractivity contribution < 1.29 is 9.47 Å². The van der Waals surface area contributed by atoms with Crippen LogP contribution in [-0.4, -0.2) is 23.0 Å². The van der Waals surface area contributed by atoms with E-state index in [1.165, 1.54) is 4.68 Å². The first-order chi connectivity index (χ1) is 17.0. The number of benzene rings is 3. The SMILES string of the molecule is CCCCc1nc2ccc(Br)cc2c(=O)n1N=Cc1ccc(OCc2ccc(Br)cc2)c(OC)c1. The van der Waals surface area contributed by atoms with E-state index in [2.05, 4.69) is 43.9 Å². The number of nitrogens with zero attached hydrogens (tertiary/aromatic N) is 3. The predicted molar refractivity (Wildman–Crippen MR) is 147 cm³/mol. The summed E-state index contributed by atoms with van der Waals surface area (Å²) in [7, 11) is 1.60. The summed E-state index contributed by atoms with van der Waals surface area (Å²) >= 11 is 6.88. The van der Waals surface area contributed by atoms with E-state index >= 15 is 0 Å². The zero-order valence-corrected chi connectivity index (χ0v) is 22.7. The number of rotatable bonds is 9. The minimum atomic E-state index is -0.194. The van der Waals surface area contributed by atoms with Crippen LogP contribution in [0.25, 0.3) is 10.9 Å². The van der Waals surface area contributed by atoms with Gasteiger partial charge in [0.1, 0.15) is 12.4 Å². The Hall–Kier alpha value is -2.97. The molecule has 0 N–H and O–H groups in total. The molecule has 0 saturated carbocycles. The van der Waals surface area contributed by atoms with Crippen LogP contribution >= 0.6 is 31.9 Å². The number of hydrogen-bond donors (Lipinski definition) is 0. The number of halogens is 2. The third kappa shape index (κ3) is 6.18. The molecule has 180 valence electrons. The molecule has 35 heavy (non-hydrogen) atoms. The summed E-state index contributed by atoms with van der Waals surface area (Å²) in [5, 5.41) is 5.04.